The van der Waals surface area contributed by atoms with Crippen molar-refractivity contribution in [2.45, 2.75) is 19.1 Å². The van der Waals surface area contributed by atoms with E-state index < -0.39 is 23.8 Å². The minimum atomic E-state index is -0.993. The van der Waals surface area contributed by atoms with Gasteiger partial charge in [0, 0.05) is 5.56 Å². The highest BCUT2D eigenvalue weighted by molar-refractivity contribution is 7.98. The van der Waals surface area contributed by atoms with Gasteiger partial charge in [-0.1, -0.05) is 48.5 Å². The molecule has 7 heteroatoms. The van der Waals surface area contributed by atoms with Gasteiger partial charge in [-0.2, -0.15) is 11.8 Å². The summed E-state index contributed by atoms with van der Waals surface area (Å²) in [5.74, 6) is 0.282. The zero-order chi connectivity index (χ0) is 23.2. The molecule has 2 amide bonds. The summed E-state index contributed by atoms with van der Waals surface area (Å²) >= 11 is 1.53. The van der Waals surface area contributed by atoms with Crippen LogP contribution in [0, 0.1) is 0 Å². The summed E-state index contributed by atoms with van der Waals surface area (Å²) in [7, 11) is 0. The zero-order valence-corrected chi connectivity index (χ0v) is 18.9. The number of imide groups is 1. The van der Waals surface area contributed by atoms with E-state index in [4.69, 9.17) is 9.47 Å². The van der Waals surface area contributed by atoms with E-state index >= 15 is 0 Å². The van der Waals surface area contributed by atoms with Crippen molar-refractivity contribution in [1.29, 1.82) is 0 Å². The van der Waals surface area contributed by atoms with Gasteiger partial charge in [0.05, 0.1) is 11.1 Å². The molecule has 3 aromatic rings. The van der Waals surface area contributed by atoms with Crippen molar-refractivity contribution in [3.8, 4) is 11.5 Å². The fraction of sp³-hybridized carbons (Fsp3) is 0.192. The van der Waals surface area contributed by atoms with Crippen LogP contribution in [0.15, 0.2) is 78.9 Å². The van der Waals surface area contributed by atoms with Crippen molar-refractivity contribution in [3.05, 3.63) is 95.6 Å². The van der Waals surface area contributed by atoms with Crippen molar-refractivity contribution >= 4 is 29.5 Å². The number of hydrogen-bond acceptors (Lipinski definition) is 6. The lowest BCUT2D eigenvalue weighted by Gasteiger charge is -2.24. The maximum atomic E-state index is 13.1. The zero-order valence-electron chi connectivity index (χ0n) is 18.1. The second-order valence-electron chi connectivity index (χ2n) is 7.45. The van der Waals surface area contributed by atoms with Crippen molar-refractivity contribution in [2.75, 3.05) is 12.0 Å². The smallest absolute Gasteiger partial charge is 0.329 e. The van der Waals surface area contributed by atoms with Gasteiger partial charge in [-0.05, 0) is 48.8 Å². The lowest BCUT2D eigenvalue weighted by Crippen LogP contribution is -2.46. The number of thioether (sulfide) groups is 1. The number of nitrogens with zero attached hydrogens (tertiary/aromatic N) is 1. The van der Waals surface area contributed by atoms with Crippen molar-refractivity contribution in [2.24, 2.45) is 0 Å². The highest BCUT2D eigenvalue weighted by Gasteiger charge is 2.43. The van der Waals surface area contributed by atoms with Gasteiger partial charge in [0.25, 0.3) is 11.8 Å². The first kappa shape index (κ1) is 22.6. The second kappa shape index (κ2) is 10.4. The molecule has 1 heterocycles. The number of carbonyl (C=O) groups is 3. The van der Waals surface area contributed by atoms with E-state index in [1.165, 1.54) is 11.8 Å². The van der Waals surface area contributed by atoms with Crippen LogP contribution in [0.4, 0.5) is 0 Å². The Bertz CT molecular complexity index is 1130. The Balaban J connectivity index is 1.50. The molecule has 0 saturated heterocycles. The SMILES string of the molecule is CSCCC(C(=O)OCc1ccccc1Oc1ccccc1)N1C(=O)c2ccccc2C1=O. The second-order valence-corrected chi connectivity index (χ2v) is 8.44. The van der Waals surface area contributed by atoms with Gasteiger partial charge in [0.1, 0.15) is 24.1 Å². The summed E-state index contributed by atoms with van der Waals surface area (Å²) < 4.78 is 11.5. The van der Waals surface area contributed by atoms with E-state index in [-0.39, 0.29) is 6.61 Å². The summed E-state index contributed by atoms with van der Waals surface area (Å²) in [6, 6.07) is 22.2. The molecule has 4 rings (SSSR count). The molecule has 0 aromatic heterocycles. The Kier molecular flexibility index (Phi) is 7.10. The molecule has 0 fully saturated rings. The Morgan fingerprint density at radius 2 is 1.48 bits per heavy atom. The number of hydrogen-bond donors (Lipinski definition) is 0. The third-order valence-electron chi connectivity index (χ3n) is 5.32. The first-order chi connectivity index (χ1) is 16.1. The summed E-state index contributed by atoms with van der Waals surface area (Å²) in [5.41, 5.74) is 1.30. The molecule has 0 N–H and O–H groups in total. The number of carbonyl (C=O) groups excluding carboxylic acids is 3. The summed E-state index contributed by atoms with van der Waals surface area (Å²) in [6.45, 7) is -0.0409. The summed E-state index contributed by atoms with van der Waals surface area (Å²) in [5, 5.41) is 0. The van der Waals surface area contributed by atoms with Crippen LogP contribution in [-0.4, -0.2) is 40.7 Å². The largest absolute Gasteiger partial charge is 0.459 e. The molecule has 1 aliphatic heterocycles. The third-order valence-corrected chi connectivity index (χ3v) is 5.96. The van der Waals surface area contributed by atoms with Crippen LogP contribution < -0.4 is 4.74 Å². The highest BCUT2D eigenvalue weighted by atomic mass is 32.2. The molecule has 1 unspecified atom stereocenters. The minimum Gasteiger partial charge on any atom is -0.459 e. The van der Waals surface area contributed by atoms with Crippen LogP contribution in [-0.2, 0) is 16.1 Å². The molecule has 0 spiro atoms. The predicted molar refractivity (Wildman–Crippen MR) is 126 cm³/mol. The molecule has 0 saturated carbocycles. The van der Waals surface area contributed by atoms with Crippen molar-refractivity contribution in [3.63, 3.8) is 0 Å². The topological polar surface area (TPSA) is 72.9 Å². The molecule has 0 aliphatic carbocycles. The fourth-order valence-electron chi connectivity index (χ4n) is 3.66. The molecule has 1 atom stereocenters. The highest BCUT2D eigenvalue weighted by Crippen LogP contribution is 2.28. The number of rotatable bonds is 9. The van der Waals surface area contributed by atoms with E-state index in [1.807, 2.05) is 54.8 Å². The van der Waals surface area contributed by atoms with Gasteiger partial charge < -0.3 is 9.47 Å². The predicted octanol–water partition coefficient (Wildman–Crippen LogP) is 4.94. The van der Waals surface area contributed by atoms with Gasteiger partial charge >= 0.3 is 5.97 Å². The standard InChI is InChI=1S/C26H23NO5S/c1-33-16-15-22(27-24(28)20-12-6-7-13-21(20)25(27)29)26(30)31-17-18-9-5-8-14-23(18)32-19-10-3-2-4-11-19/h2-14,22H,15-17H2,1H3. The van der Waals surface area contributed by atoms with Crippen LogP contribution >= 0.6 is 11.8 Å². The molecular formula is C26H23NO5S. The van der Waals surface area contributed by atoms with Crippen LogP contribution in [0.5, 0.6) is 11.5 Å². The molecule has 168 valence electrons. The van der Waals surface area contributed by atoms with Crippen LogP contribution in [0.25, 0.3) is 0 Å². The summed E-state index contributed by atoms with van der Waals surface area (Å²) in [4.78, 5) is 40.0. The Labute approximate surface area is 196 Å². The lowest BCUT2D eigenvalue weighted by molar-refractivity contribution is -0.149. The summed E-state index contributed by atoms with van der Waals surface area (Å²) in [6.07, 6.45) is 2.22. The Morgan fingerprint density at radius 1 is 0.879 bits per heavy atom. The fourth-order valence-corrected chi connectivity index (χ4v) is 4.11. The first-order valence-electron chi connectivity index (χ1n) is 10.5. The van der Waals surface area contributed by atoms with E-state index in [0.29, 0.717) is 40.4 Å². The number of para-hydroxylation sites is 2. The number of ether oxygens (including phenoxy) is 2. The van der Waals surface area contributed by atoms with E-state index in [0.717, 1.165) is 4.90 Å². The number of benzene rings is 3. The number of amides is 2. The third kappa shape index (κ3) is 4.93. The monoisotopic (exact) mass is 461 g/mol. The van der Waals surface area contributed by atoms with E-state index in [2.05, 4.69) is 0 Å². The lowest BCUT2D eigenvalue weighted by atomic mass is 10.1. The Morgan fingerprint density at radius 3 is 2.15 bits per heavy atom. The van der Waals surface area contributed by atoms with Gasteiger partial charge in [-0.3, -0.25) is 14.5 Å². The molecule has 1 aliphatic rings. The van der Waals surface area contributed by atoms with Crippen molar-refractivity contribution in [1.82, 2.24) is 4.90 Å². The molecule has 33 heavy (non-hydrogen) atoms. The normalized spacial score (nSPS) is 13.5. The average Bonchev–Trinajstić information content (AvgIpc) is 3.10. The minimum absolute atomic E-state index is 0.0409. The first-order valence-corrected chi connectivity index (χ1v) is 11.9. The quantitative estimate of drug-likeness (QED) is 0.332. The van der Waals surface area contributed by atoms with Gasteiger partial charge in [-0.15, -0.1) is 0 Å². The number of esters is 1. The molecule has 3 aromatic carbocycles. The van der Waals surface area contributed by atoms with E-state index in [1.54, 1.807) is 30.3 Å². The number of fused-ring (bicyclic) bond motifs is 1. The van der Waals surface area contributed by atoms with Crippen LogP contribution in [0.3, 0.4) is 0 Å². The molecule has 0 bridgehead atoms. The van der Waals surface area contributed by atoms with Crippen molar-refractivity contribution < 1.29 is 23.9 Å². The van der Waals surface area contributed by atoms with E-state index in [9.17, 15) is 14.4 Å². The van der Waals surface area contributed by atoms with Gasteiger partial charge in [0.2, 0.25) is 0 Å². The van der Waals surface area contributed by atoms with Gasteiger partial charge in [-0.25, -0.2) is 4.79 Å². The van der Waals surface area contributed by atoms with Gasteiger partial charge in [0.15, 0.2) is 0 Å². The maximum absolute atomic E-state index is 13.1. The Hall–Kier alpha value is -3.58. The van der Waals surface area contributed by atoms with Crippen LogP contribution in [0.2, 0.25) is 0 Å². The average molecular weight is 462 g/mol. The molecule has 0 radical (unpaired) electrons. The molecule has 6 nitrogen and oxygen atoms in total. The maximum Gasteiger partial charge on any atom is 0.329 e. The van der Waals surface area contributed by atoms with Crippen LogP contribution in [0.1, 0.15) is 32.7 Å². The molecular weight excluding hydrogens is 438 g/mol.